The summed E-state index contributed by atoms with van der Waals surface area (Å²) in [7, 11) is 0. The van der Waals surface area contributed by atoms with E-state index in [0.29, 0.717) is 19.6 Å². The van der Waals surface area contributed by atoms with Gasteiger partial charge in [0.15, 0.2) is 0 Å². The van der Waals surface area contributed by atoms with Gasteiger partial charge in [-0.2, -0.15) is 0 Å². The Morgan fingerprint density at radius 3 is 2.50 bits per heavy atom. The summed E-state index contributed by atoms with van der Waals surface area (Å²) in [5.74, 6) is 0.859. The topological polar surface area (TPSA) is 50.4 Å². The molecule has 0 fully saturated rings. The van der Waals surface area contributed by atoms with E-state index in [1.165, 1.54) is 0 Å². The van der Waals surface area contributed by atoms with Gasteiger partial charge in [-0.05, 0) is 49.7 Å². The Balaban J connectivity index is 1.76. The first-order valence-electron chi connectivity index (χ1n) is 7.51. The highest BCUT2D eigenvalue weighted by Crippen LogP contribution is 2.16. The van der Waals surface area contributed by atoms with Crippen molar-refractivity contribution in [1.82, 2.24) is 0 Å². The van der Waals surface area contributed by atoms with Gasteiger partial charge in [0.2, 0.25) is 5.91 Å². The van der Waals surface area contributed by atoms with Crippen molar-refractivity contribution < 1.29 is 9.53 Å². The van der Waals surface area contributed by atoms with Gasteiger partial charge in [-0.3, -0.25) is 4.79 Å². The molecule has 2 N–H and O–H groups in total. The number of benzene rings is 2. The normalized spacial score (nSPS) is 10.1. The number of ether oxygens (including phenoxy) is 1. The van der Waals surface area contributed by atoms with E-state index in [-0.39, 0.29) is 5.91 Å². The van der Waals surface area contributed by atoms with E-state index < -0.39 is 0 Å². The molecule has 0 aliphatic heterocycles. The van der Waals surface area contributed by atoms with E-state index in [9.17, 15) is 4.79 Å². The maximum absolute atomic E-state index is 11.9. The minimum atomic E-state index is 0.00716. The summed E-state index contributed by atoms with van der Waals surface area (Å²) in [6, 6.07) is 15.5. The molecule has 0 heterocycles. The van der Waals surface area contributed by atoms with Crippen molar-refractivity contribution >= 4 is 17.3 Å². The molecule has 0 aliphatic rings. The highest BCUT2D eigenvalue weighted by atomic mass is 16.5. The highest BCUT2D eigenvalue weighted by Gasteiger charge is 2.04. The number of carbonyl (C=O) groups is 1. The van der Waals surface area contributed by atoms with Crippen LogP contribution < -0.4 is 15.4 Å². The molecule has 0 bridgehead atoms. The number of hydrogen-bond acceptors (Lipinski definition) is 3. The van der Waals surface area contributed by atoms with E-state index in [0.717, 1.165) is 22.7 Å². The number of amides is 1. The van der Waals surface area contributed by atoms with Crippen molar-refractivity contribution in [2.45, 2.75) is 20.3 Å². The van der Waals surface area contributed by atoms with Crippen LogP contribution in [0.1, 0.15) is 18.9 Å². The van der Waals surface area contributed by atoms with E-state index in [1.807, 2.05) is 62.4 Å². The maximum atomic E-state index is 11.9. The first-order chi connectivity index (χ1) is 10.7. The lowest BCUT2D eigenvalue weighted by molar-refractivity contribution is -0.115. The number of anilines is 2. The Kier molecular flexibility index (Phi) is 5.83. The Hall–Kier alpha value is -2.49. The third-order valence-electron chi connectivity index (χ3n) is 3.27. The zero-order valence-electron chi connectivity index (χ0n) is 13.1. The fraction of sp³-hybridized carbons (Fsp3) is 0.278. The molecule has 4 nitrogen and oxygen atoms in total. The van der Waals surface area contributed by atoms with Gasteiger partial charge in [-0.15, -0.1) is 0 Å². The second kappa shape index (κ2) is 8.08. The van der Waals surface area contributed by atoms with Gasteiger partial charge < -0.3 is 15.4 Å². The van der Waals surface area contributed by atoms with Crippen LogP contribution in [0.4, 0.5) is 11.4 Å². The minimum Gasteiger partial charge on any atom is -0.494 e. The van der Waals surface area contributed by atoms with Crippen molar-refractivity contribution in [3.05, 3.63) is 54.1 Å². The molecule has 116 valence electrons. The van der Waals surface area contributed by atoms with Crippen LogP contribution in [0.2, 0.25) is 0 Å². The Morgan fingerprint density at radius 1 is 1.09 bits per heavy atom. The first-order valence-corrected chi connectivity index (χ1v) is 7.51. The van der Waals surface area contributed by atoms with Gasteiger partial charge >= 0.3 is 0 Å². The fourth-order valence-corrected chi connectivity index (χ4v) is 2.08. The monoisotopic (exact) mass is 298 g/mol. The lowest BCUT2D eigenvalue weighted by Gasteiger charge is -2.10. The minimum absolute atomic E-state index is 0.00716. The Bertz CT molecular complexity index is 609. The first kappa shape index (κ1) is 15.9. The average Bonchev–Trinajstić information content (AvgIpc) is 2.52. The van der Waals surface area contributed by atoms with Crippen LogP contribution in [0.5, 0.6) is 5.75 Å². The van der Waals surface area contributed by atoms with Crippen molar-refractivity contribution in [2.75, 3.05) is 23.8 Å². The second-order valence-electron chi connectivity index (χ2n) is 5.00. The number of carbonyl (C=O) groups excluding carboxylic acids is 1. The molecule has 0 spiro atoms. The Morgan fingerprint density at radius 2 is 1.82 bits per heavy atom. The van der Waals surface area contributed by atoms with E-state index in [4.69, 9.17) is 4.74 Å². The van der Waals surface area contributed by atoms with Crippen LogP contribution >= 0.6 is 0 Å². The highest BCUT2D eigenvalue weighted by molar-refractivity contribution is 5.91. The largest absolute Gasteiger partial charge is 0.494 e. The molecule has 4 heteroatoms. The standard InChI is InChI=1S/C18H22N2O2/c1-3-22-16-10-8-15(9-11-16)19-13-12-18(21)20-17-7-5-4-6-14(17)2/h4-11,19H,3,12-13H2,1-2H3,(H,20,21). The molecule has 22 heavy (non-hydrogen) atoms. The average molecular weight is 298 g/mol. The summed E-state index contributed by atoms with van der Waals surface area (Å²) in [5, 5.41) is 6.15. The van der Waals surface area contributed by atoms with Gasteiger partial charge in [0.1, 0.15) is 5.75 Å². The van der Waals surface area contributed by atoms with Crippen LogP contribution in [-0.4, -0.2) is 19.1 Å². The molecule has 1 amide bonds. The van der Waals surface area contributed by atoms with Crippen LogP contribution in [0.15, 0.2) is 48.5 Å². The number of para-hydroxylation sites is 1. The predicted octanol–water partition coefficient (Wildman–Crippen LogP) is 3.83. The third kappa shape index (κ3) is 4.81. The lowest BCUT2D eigenvalue weighted by Crippen LogP contribution is -2.16. The SMILES string of the molecule is CCOc1ccc(NCCC(=O)Nc2ccccc2C)cc1. The van der Waals surface area contributed by atoms with Gasteiger partial charge in [0, 0.05) is 24.3 Å². The molecule has 2 aromatic carbocycles. The van der Waals surface area contributed by atoms with Crippen molar-refractivity contribution in [1.29, 1.82) is 0 Å². The zero-order chi connectivity index (χ0) is 15.8. The van der Waals surface area contributed by atoms with Gasteiger partial charge in [0.05, 0.1) is 6.61 Å². The van der Waals surface area contributed by atoms with E-state index in [1.54, 1.807) is 0 Å². The van der Waals surface area contributed by atoms with Crippen LogP contribution in [-0.2, 0) is 4.79 Å². The summed E-state index contributed by atoms with van der Waals surface area (Å²) < 4.78 is 5.39. The summed E-state index contributed by atoms with van der Waals surface area (Å²) in [4.78, 5) is 11.9. The van der Waals surface area contributed by atoms with Crippen molar-refractivity contribution in [2.24, 2.45) is 0 Å². The van der Waals surface area contributed by atoms with Crippen LogP contribution in [0, 0.1) is 6.92 Å². The number of nitrogens with one attached hydrogen (secondary N) is 2. The molecule has 0 saturated heterocycles. The molecule has 0 unspecified atom stereocenters. The molecular weight excluding hydrogens is 276 g/mol. The van der Waals surface area contributed by atoms with Crippen molar-refractivity contribution in [3.8, 4) is 5.75 Å². The van der Waals surface area contributed by atoms with Crippen LogP contribution in [0.25, 0.3) is 0 Å². The molecule has 0 saturated carbocycles. The molecule has 0 aliphatic carbocycles. The Labute approximate surface area is 131 Å². The zero-order valence-corrected chi connectivity index (χ0v) is 13.1. The molecule has 0 atom stereocenters. The lowest BCUT2D eigenvalue weighted by atomic mass is 10.2. The van der Waals surface area contributed by atoms with Gasteiger partial charge in [0.25, 0.3) is 0 Å². The van der Waals surface area contributed by atoms with Gasteiger partial charge in [-0.1, -0.05) is 18.2 Å². The number of hydrogen-bond donors (Lipinski definition) is 2. The molecule has 2 aromatic rings. The molecule has 2 rings (SSSR count). The summed E-state index contributed by atoms with van der Waals surface area (Å²) in [6.45, 7) is 5.19. The van der Waals surface area contributed by atoms with Gasteiger partial charge in [-0.25, -0.2) is 0 Å². The molecule has 0 radical (unpaired) electrons. The second-order valence-corrected chi connectivity index (χ2v) is 5.00. The fourth-order valence-electron chi connectivity index (χ4n) is 2.08. The van der Waals surface area contributed by atoms with Crippen molar-refractivity contribution in [3.63, 3.8) is 0 Å². The number of aryl methyl sites for hydroxylation is 1. The number of rotatable bonds is 7. The maximum Gasteiger partial charge on any atom is 0.226 e. The third-order valence-corrected chi connectivity index (χ3v) is 3.27. The van der Waals surface area contributed by atoms with E-state index in [2.05, 4.69) is 10.6 Å². The predicted molar refractivity (Wildman–Crippen MR) is 90.5 cm³/mol. The quantitative estimate of drug-likeness (QED) is 0.816. The smallest absolute Gasteiger partial charge is 0.226 e. The summed E-state index contributed by atoms with van der Waals surface area (Å²) in [5.41, 5.74) is 2.91. The summed E-state index contributed by atoms with van der Waals surface area (Å²) >= 11 is 0. The van der Waals surface area contributed by atoms with E-state index >= 15 is 0 Å². The molecule has 0 aromatic heterocycles. The van der Waals surface area contributed by atoms with Crippen LogP contribution in [0.3, 0.4) is 0 Å². The molecular formula is C18H22N2O2. The summed E-state index contributed by atoms with van der Waals surface area (Å²) in [6.07, 6.45) is 0.418.